The topological polar surface area (TPSA) is 236 Å². The molecule has 8 aromatic rings. The molecule has 115 heavy (non-hydrogen) atoms. The van der Waals surface area contributed by atoms with Crippen LogP contribution in [0.2, 0.25) is 0 Å². The molecule has 18 nitrogen and oxygen atoms in total. The number of amides is 2. The Morgan fingerprint density at radius 3 is 1.03 bits per heavy atom. The lowest BCUT2D eigenvalue weighted by Crippen LogP contribution is -2.16. The maximum absolute atomic E-state index is 13.8. The Labute approximate surface area is 685 Å². The van der Waals surface area contributed by atoms with Crippen molar-refractivity contribution in [1.29, 1.82) is 0 Å². The number of aromatic amines is 2. The lowest BCUT2D eigenvalue weighted by Gasteiger charge is -2.28. The van der Waals surface area contributed by atoms with Gasteiger partial charge >= 0.3 is 11.9 Å². The van der Waals surface area contributed by atoms with E-state index in [9.17, 15) is 28.8 Å². The van der Waals surface area contributed by atoms with Gasteiger partial charge in [0.25, 0.3) is 22.9 Å². The number of rotatable bonds is 58. The highest BCUT2D eigenvalue weighted by Gasteiger charge is 2.23. The highest BCUT2D eigenvalue weighted by atomic mass is 16.5. The van der Waals surface area contributed by atoms with Crippen molar-refractivity contribution in [3.8, 4) is 11.4 Å². The number of carbonyl (C=O) groups excluding carboxylic acids is 4. The molecule has 2 aromatic heterocycles. The molecule has 0 spiro atoms. The van der Waals surface area contributed by atoms with E-state index in [1.54, 1.807) is 111 Å². The van der Waals surface area contributed by atoms with E-state index in [2.05, 4.69) is 74.2 Å². The molecule has 0 saturated heterocycles. The summed E-state index contributed by atoms with van der Waals surface area (Å²) in [5.74, 6) is 0.0614. The fourth-order valence-corrected chi connectivity index (χ4v) is 15.4. The molecule has 620 valence electrons. The van der Waals surface area contributed by atoms with Crippen LogP contribution in [-0.2, 0) is 15.9 Å². The molecule has 0 aliphatic heterocycles. The Morgan fingerprint density at radius 1 is 0.357 bits per heavy atom. The van der Waals surface area contributed by atoms with E-state index in [1.165, 1.54) is 220 Å². The van der Waals surface area contributed by atoms with Crippen molar-refractivity contribution in [3.63, 3.8) is 0 Å². The zero-order valence-corrected chi connectivity index (χ0v) is 70.4. The summed E-state index contributed by atoms with van der Waals surface area (Å²) in [7, 11) is 0. The fraction of sp³-hybridized carbons (Fsp3) is 0.526. The van der Waals surface area contributed by atoms with Gasteiger partial charge in [-0.25, -0.2) is 19.0 Å². The zero-order valence-electron chi connectivity index (χ0n) is 70.4. The molecule has 0 bridgehead atoms. The van der Waals surface area contributed by atoms with Crippen molar-refractivity contribution in [1.82, 2.24) is 19.6 Å². The minimum atomic E-state index is -0.475. The van der Waals surface area contributed by atoms with Crippen LogP contribution in [0.5, 0.6) is 0 Å². The van der Waals surface area contributed by atoms with Gasteiger partial charge < -0.3 is 20.1 Å². The fourth-order valence-electron chi connectivity index (χ4n) is 15.4. The maximum Gasteiger partial charge on any atom is 0.340 e. The molecular weight excluding hydrogens is 1430 g/mol. The number of nitrogens with zero attached hydrogens (tertiary/aromatic N) is 6. The second-order valence-corrected chi connectivity index (χ2v) is 31.8. The summed E-state index contributed by atoms with van der Waals surface area (Å²) in [5.41, 5.74) is 7.33. The Kier molecular flexibility index (Phi) is 41.8. The van der Waals surface area contributed by atoms with Crippen LogP contribution >= 0.6 is 0 Å². The predicted molar refractivity (Wildman–Crippen MR) is 470 cm³/mol. The summed E-state index contributed by atoms with van der Waals surface area (Å²) in [6.07, 6.45) is 51.0. The Balaban J connectivity index is 0.739. The van der Waals surface area contributed by atoms with Crippen LogP contribution < -0.4 is 21.8 Å². The number of azo groups is 2. The Hall–Kier alpha value is -9.58. The number of carbonyl (C=O) groups is 4. The number of benzene rings is 6. The molecule has 2 unspecified atom stereocenters. The highest BCUT2D eigenvalue weighted by Crippen LogP contribution is 2.35. The first kappa shape index (κ1) is 91.0. The minimum absolute atomic E-state index is 0.105. The van der Waals surface area contributed by atoms with Crippen LogP contribution in [0.1, 0.15) is 342 Å². The largest absolute Gasteiger partial charge is 0.462 e. The van der Waals surface area contributed by atoms with Crippen molar-refractivity contribution in [2.75, 3.05) is 23.8 Å². The molecular formula is C97H134N10O8. The van der Waals surface area contributed by atoms with Crippen LogP contribution in [0.4, 0.5) is 34.1 Å². The normalized spacial score (nSPS) is 12.1. The van der Waals surface area contributed by atoms with Crippen molar-refractivity contribution in [2.45, 2.75) is 305 Å². The van der Waals surface area contributed by atoms with E-state index >= 15 is 0 Å². The average Bonchev–Trinajstić information content (AvgIpc) is 1.67. The summed E-state index contributed by atoms with van der Waals surface area (Å²) in [5, 5.41) is 29.5. The van der Waals surface area contributed by atoms with E-state index in [0.29, 0.717) is 64.2 Å². The number of unbranched alkanes of at least 4 members (excludes halogenated alkanes) is 31. The molecule has 2 amide bonds. The first-order valence-corrected chi connectivity index (χ1v) is 44.2. The number of H-pyrrole nitrogens is 2. The van der Waals surface area contributed by atoms with Gasteiger partial charge in [0, 0.05) is 22.5 Å². The van der Waals surface area contributed by atoms with Crippen molar-refractivity contribution >= 4 is 57.9 Å². The number of aromatic nitrogens is 4. The Morgan fingerprint density at radius 2 is 0.670 bits per heavy atom. The molecule has 8 rings (SSSR count). The van der Waals surface area contributed by atoms with E-state index in [0.717, 1.165) is 80.9 Å². The van der Waals surface area contributed by atoms with Gasteiger partial charge in [-0.2, -0.15) is 0 Å². The molecule has 0 radical (unpaired) electrons. The monoisotopic (exact) mass is 1570 g/mol. The molecule has 2 heterocycles. The molecule has 2 atom stereocenters. The Bertz CT molecular complexity index is 4300. The number of nitrogens with one attached hydrogen (secondary N) is 4. The van der Waals surface area contributed by atoms with Crippen LogP contribution in [0.15, 0.2) is 176 Å². The second-order valence-electron chi connectivity index (χ2n) is 31.8. The van der Waals surface area contributed by atoms with Crippen molar-refractivity contribution in [3.05, 3.63) is 211 Å². The predicted octanol–water partition coefficient (Wildman–Crippen LogP) is 27.4. The van der Waals surface area contributed by atoms with Gasteiger partial charge in [0.1, 0.15) is 11.4 Å². The number of esters is 2. The number of anilines is 2. The molecule has 0 aliphatic rings. The van der Waals surface area contributed by atoms with E-state index in [-0.39, 0.29) is 34.3 Å². The second kappa shape index (κ2) is 52.8. The van der Waals surface area contributed by atoms with Crippen molar-refractivity contribution in [2.24, 2.45) is 32.3 Å². The average molecular weight is 1570 g/mol. The van der Waals surface area contributed by atoms with Crippen LogP contribution in [0.25, 0.3) is 11.4 Å². The molecule has 4 N–H and O–H groups in total. The minimum Gasteiger partial charge on any atom is -0.462 e. The maximum atomic E-state index is 13.8. The van der Waals surface area contributed by atoms with Gasteiger partial charge in [0.15, 0.2) is 11.4 Å². The summed E-state index contributed by atoms with van der Waals surface area (Å²) in [4.78, 5) is 80.6. The quantitative estimate of drug-likeness (QED) is 0.0162. The standard InChI is InChI=1S/C97H134N10O8/c1-7-10-13-16-19-20-21-24-29-36-47-77-58-66-83(67-59-77)99-93(109)81-62-70-85(71-63-81)107-95(111)91(76(6)105-107)103-101-89-55-44-42-53-87(89)97(113)115-73-46-35-28-26-33-40-51-79(49-38-31-23-18-15-12-9-3)78(48-37-30-22-17-14-11-8-2)50-39-32-25-27-34-45-72-114-96(112)86-52-41-43-54-88(86)100-102-90-75(5)104-106(94(90)110)84-68-60-80(61-69-84)92(108)98-82-64-56-74(4)57-65-82/h41-44,52-71,78-79,104-105H,7-40,45-51,72-73H2,1-6H3,(H,98,108)(H,99,109). The summed E-state index contributed by atoms with van der Waals surface area (Å²) in [6, 6.07) is 43.0. The van der Waals surface area contributed by atoms with Gasteiger partial charge in [-0.05, 0) is 161 Å². The summed E-state index contributed by atoms with van der Waals surface area (Å²) >= 11 is 0. The third kappa shape index (κ3) is 32.2. The van der Waals surface area contributed by atoms with Gasteiger partial charge in [-0.3, -0.25) is 29.4 Å². The lowest BCUT2D eigenvalue weighted by atomic mass is 9.78. The van der Waals surface area contributed by atoms with E-state index in [1.807, 2.05) is 43.3 Å². The third-order valence-corrected chi connectivity index (χ3v) is 22.4. The summed E-state index contributed by atoms with van der Waals surface area (Å²) < 4.78 is 14.3. The smallest absolute Gasteiger partial charge is 0.340 e. The molecule has 18 heteroatoms. The molecule has 6 aromatic carbocycles. The first-order valence-electron chi connectivity index (χ1n) is 44.2. The number of hydrogen-bond acceptors (Lipinski definition) is 12. The van der Waals surface area contributed by atoms with Crippen LogP contribution in [-0.4, -0.2) is 56.5 Å². The zero-order chi connectivity index (χ0) is 81.5. The SMILES string of the molecule is CCCCCCCCCCCCc1ccc(NC(=O)c2ccc(-n3[nH]c(C)c(N=Nc4ccccc4C(=O)OCCCCCCCCC(CCCCCCCCC)C(CCCCCCCCC)CCCCCCCCOC(=O)c4ccccc4N=Nc4c(C)[nH]n(-c5ccc(C(=O)Nc6ccc(C)cc6)cc5)c4=O)c3=O)cc2)cc1. The number of ether oxygens (including phenoxy) is 2. The molecule has 0 saturated carbocycles. The first-order chi connectivity index (χ1) is 56.2. The van der Waals surface area contributed by atoms with Crippen LogP contribution in [0, 0.1) is 32.6 Å². The lowest BCUT2D eigenvalue weighted by molar-refractivity contribution is 0.0489. The highest BCUT2D eigenvalue weighted by molar-refractivity contribution is 6.05. The van der Waals surface area contributed by atoms with Gasteiger partial charge in [-0.1, -0.05) is 312 Å². The van der Waals surface area contributed by atoms with Gasteiger partial charge in [0.05, 0.1) is 47.1 Å². The van der Waals surface area contributed by atoms with Gasteiger partial charge in [0.2, 0.25) is 0 Å². The van der Waals surface area contributed by atoms with Crippen LogP contribution in [0.3, 0.4) is 0 Å². The molecule has 0 aliphatic carbocycles. The molecule has 0 fully saturated rings. The third-order valence-electron chi connectivity index (χ3n) is 22.4. The number of hydrogen-bond donors (Lipinski definition) is 4. The summed E-state index contributed by atoms with van der Waals surface area (Å²) in [6.45, 7) is 12.9. The van der Waals surface area contributed by atoms with Crippen molar-refractivity contribution < 1.29 is 28.7 Å². The van der Waals surface area contributed by atoms with E-state index < -0.39 is 23.1 Å². The van der Waals surface area contributed by atoms with E-state index in [4.69, 9.17) is 9.47 Å². The number of aryl methyl sites for hydroxylation is 4. The van der Waals surface area contributed by atoms with Gasteiger partial charge in [-0.15, -0.1) is 20.5 Å².